The largest absolute Gasteiger partial charge is 0.235 e. The van der Waals surface area contributed by atoms with E-state index in [0.717, 1.165) is 21.1 Å². The van der Waals surface area contributed by atoms with E-state index >= 15 is 0 Å². The standard InChI is InChI=1S/C16H10ClN3S2/c1-10-14(22-16(17)19-10)7-12(8-18)13-9-21-15(20-13)11-5-3-2-4-6-11/h2-7,9H,1H3/b12-7+. The van der Waals surface area contributed by atoms with Crippen LogP contribution in [0.3, 0.4) is 0 Å². The van der Waals surface area contributed by atoms with E-state index in [2.05, 4.69) is 16.0 Å². The van der Waals surface area contributed by atoms with Crippen LogP contribution >= 0.6 is 34.3 Å². The van der Waals surface area contributed by atoms with E-state index in [4.69, 9.17) is 11.6 Å². The fourth-order valence-corrected chi connectivity index (χ4v) is 3.85. The van der Waals surface area contributed by atoms with Crippen LogP contribution in [0.4, 0.5) is 0 Å². The minimum absolute atomic E-state index is 0.476. The predicted octanol–water partition coefficient (Wildman–Crippen LogP) is 5.29. The molecule has 0 aliphatic heterocycles. The van der Waals surface area contributed by atoms with Crippen molar-refractivity contribution in [2.75, 3.05) is 0 Å². The van der Waals surface area contributed by atoms with Gasteiger partial charge in [-0.05, 0) is 13.0 Å². The van der Waals surface area contributed by atoms with Gasteiger partial charge in [0.05, 0.1) is 21.8 Å². The Morgan fingerprint density at radius 3 is 2.68 bits per heavy atom. The van der Waals surface area contributed by atoms with Crippen LogP contribution in [-0.2, 0) is 0 Å². The van der Waals surface area contributed by atoms with Crippen molar-refractivity contribution in [3.63, 3.8) is 0 Å². The molecule has 6 heteroatoms. The van der Waals surface area contributed by atoms with Crippen LogP contribution in [-0.4, -0.2) is 9.97 Å². The molecule has 0 saturated heterocycles. The summed E-state index contributed by atoms with van der Waals surface area (Å²) in [6.45, 7) is 1.87. The van der Waals surface area contributed by atoms with E-state index in [1.165, 1.54) is 22.7 Å². The van der Waals surface area contributed by atoms with E-state index in [1.54, 1.807) is 6.08 Å². The number of aryl methyl sites for hydroxylation is 1. The Morgan fingerprint density at radius 1 is 1.27 bits per heavy atom. The van der Waals surface area contributed by atoms with Gasteiger partial charge in [0.1, 0.15) is 11.1 Å². The molecule has 108 valence electrons. The maximum atomic E-state index is 9.42. The molecule has 0 bridgehead atoms. The van der Waals surface area contributed by atoms with Crippen molar-refractivity contribution in [1.82, 2.24) is 9.97 Å². The van der Waals surface area contributed by atoms with Crippen molar-refractivity contribution >= 4 is 45.9 Å². The van der Waals surface area contributed by atoms with E-state index in [1.807, 2.05) is 42.6 Å². The number of nitriles is 1. The number of thiazole rings is 2. The lowest BCUT2D eigenvalue weighted by Gasteiger charge is -1.95. The molecule has 0 amide bonds. The molecular weight excluding hydrogens is 334 g/mol. The Balaban J connectivity index is 1.97. The zero-order chi connectivity index (χ0) is 15.5. The Labute approximate surface area is 141 Å². The first-order valence-electron chi connectivity index (χ1n) is 6.43. The average Bonchev–Trinajstić information content (AvgIpc) is 3.12. The summed E-state index contributed by atoms with van der Waals surface area (Å²) in [4.78, 5) is 9.61. The molecule has 0 spiro atoms. The van der Waals surface area contributed by atoms with Crippen LogP contribution in [0.25, 0.3) is 22.2 Å². The fourth-order valence-electron chi connectivity index (χ4n) is 1.91. The van der Waals surface area contributed by atoms with Crippen LogP contribution in [0.2, 0.25) is 4.47 Å². The molecule has 0 aliphatic rings. The van der Waals surface area contributed by atoms with E-state index in [9.17, 15) is 5.26 Å². The van der Waals surface area contributed by atoms with Crippen LogP contribution in [0.15, 0.2) is 35.7 Å². The zero-order valence-corrected chi connectivity index (χ0v) is 14.0. The molecule has 1 aromatic carbocycles. The molecule has 0 saturated carbocycles. The molecule has 0 aliphatic carbocycles. The average molecular weight is 344 g/mol. The lowest BCUT2D eigenvalue weighted by atomic mass is 10.2. The molecule has 0 radical (unpaired) electrons. The molecule has 0 N–H and O–H groups in total. The van der Waals surface area contributed by atoms with Crippen molar-refractivity contribution < 1.29 is 0 Å². The SMILES string of the molecule is Cc1nc(Cl)sc1/C=C(\C#N)c1csc(-c2ccccc2)n1. The van der Waals surface area contributed by atoms with Crippen LogP contribution in [0.1, 0.15) is 16.3 Å². The highest BCUT2D eigenvalue weighted by atomic mass is 35.5. The fraction of sp³-hybridized carbons (Fsp3) is 0.0625. The molecule has 0 fully saturated rings. The molecular formula is C16H10ClN3S2. The summed E-state index contributed by atoms with van der Waals surface area (Å²) in [5.41, 5.74) is 3.06. The monoisotopic (exact) mass is 343 g/mol. The predicted molar refractivity (Wildman–Crippen MR) is 92.9 cm³/mol. The zero-order valence-electron chi connectivity index (χ0n) is 11.6. The van der Waals surface area contributed by atoms with Gasteiger partial charge < -0.3 is 0 Å². The van der Waals surface area contributed by atoms with Crippen molar-refractivity contribution in [3.8, 4) is 16.6 Å². The molecule has 0 atom stereocenters. The van der Waals surface area contributed by atoms with Gasteiger partial charge >= 0.3 is 0 Å². The smallest absolute Gasteiger partial charge is 0.184 e. The molecule has 22 heavy (non-hydrogen) atoms. The topological polar surface area (TPSA) is 49.6 Å². The minimum atomic E-state index is 0.476. The lowest BCUT2D eigenvalue weighted by molar-refractivity contribution is 1.26. The van der Waals surface area contributed by atoms with Crippen LogP contribution < -0.4 is 0 Å². The third kappa shape index (κ3) is 3.09. The summed E-state index contributed by atoms with van der Waals surface area (Å²) in [7, 11) is 0. The van der Waals surface area contributed by atoms with Crippen molar-refractivity contribution in [2.45, 2.75) is 6.92 Å². The Bertz CT molecular complexity index is 872. The highest BCUT2D eigenvalue weighted by Crippen LogP contribution is 2.30. The number of allylic oxidation sites excluding steroid dienone is 1. The summed E-state index contributed by atoms with van der Waals surface area (Å²) in [5, 5.41) is 12.2. The summed E-state index contributed by atoms with van der Waals surface area (Å²) in [6, 6.07) is 12.1. The number of rotatable bonds is 3. The van der Waals surface area contributed by atoms with Gasteiger partial charge in [-0.3, -0.25) is 0 Å². The maximum absolute atomic E-state index is 9.42. The number of hydrogen-bond acceptors (Lipinski definition) is 5. The van der Waals surface area contributed by atoms with Crippen LogP contribution in [0, 0.1) is 18.3 Å². The van der Waals surface area contributed by atoms with Gasteiger partial charge in [0.2, 0.25) is 0 Å². The summed E-state index contributed by atoms with van der Waals surface area (Å²) in [5.74, 6) is 0. The molecule has 3 nitrogen and oxygen atoms in total. The van der Waals surface area contributed by atoms with E-state index in [0.29, 0.717) is 15.7 Å². The molecule has 3 rings (SSSR count). The first-order valence-corrected chi connectivity index (χ1v) is 8.51. The van der Waals surface area contributed by atoms with Gasteiger partial charge in [0.25, 0.3) is 0 Å². The van der Waals surface area contributed by atoms with Gasteiger partial charge in [0, 0.05) is 10.9 Å². The van der Waals surface area contributed by atoms with Crippen molar-refractivity contribution in [3.05, 3.63) is 56.4 Å². The van der Waals surface area contributed by atoms with Gasteiger partial charge in [-0.25, -0.2) is 9.97 Å². The van der Waals surface area contributed by atoms with E-state index < -0.39 is 0 Å². The molecule has 2 heterocycles. The number of aromatic nitrogens is 2. The van der Waals surface area contributed by atoms with Crippen LogP contribution in [0.5, 0.6) is 0 Å². The second kappa shape index (κ2) is 6.41. The van der Waals surface area contributed by atoms with Gasteiger partial charge in [-0.2, -0.15) is 5.26 Å². The Hall–Kier alpha value is -2.00. The summed E-state index contributed by atoms with van der Waals surface area (Å²) in [6.07, 6.45) is 1.79. The van der Waals surface area contributed by atoms with Crippen molar-refractivity contribution in [1.29, 1.82) is 5.26 Å². The third-order valence-electron chi connectivity index (χ3n) is 3.00. The van der Waals surface area contributed by atoms with E-state index in [-0.39, 0.29) is 0 Å². The van der Waals surface area contributed by atoms with Gasteiger partial charge in [-0.1, -0.05) is 41.9 Å². The lowest BCUT2D eigenvalue weighted by Crippen LogP contribution is -1.83. The highest BCUT2D eigenvalue weighted by Gasteiger charge is 2.11. The molecule has 3 aromatic rings. The summed E-state index contributed by atoms with van der Waals surface area (Å²) < 4.78 is 0.476. The molecule has 2 aromatic heterocycles. The van der Waals surface area contributed by atoms with Gasteiger partial charge in [-0.15, -0.1) is 22.7 Å². The van der Waals surface area contributed by atoms with Gasteiger partial charge in [0.15, 0.2) is 4.47 Å². The third-order valence-corrected chi connectivity index (χ3v) is 5.10. The first-order chi connectivity index (χ1) is 10.7. The Kier molecular flexibility index (Phi) is 4.34. The second-order valence-electron chi connectivity index (χ2n) is 4.49. The Morgan fingerprint density at radius 2 is 2.05 bits per heavy atom. The minimum Gasteiger partial charge on any atom is -0.235 e. The van der Waals surface area contributed by atoms with Crippen molar-refractivity contribution in [2.24, 2.45) is 0 Å². The maximum Gasteiger partial charge on any atom is 0.184 e. The highest BCUT2D eigenvalue weighted by molar-refractivity contribution is 7.16. The molecule has 0 unspecified atom stereocenters. The number of halogens is 1. The number of benzene rings is 1. The summed E-state index contributed by atoms with van der Waals surface area (Å²) >= 11 is 8.79. The number of nitrogens with zero attached hydrogens (tertiary/aromatic N) is 3. The second-order valence-corrected chi connectivity index (χ2v) is 6.96. The normalized spacial score (nSPS) is 11.4. The number of hydrogen-bond donors (Lipinski definition) is 0. The quantitative estimate of drug-likeness (QED) is 0.607. The first kappa shape index (κ1) is 14.9.